The van der Waals surface area contributed by atoms with E-state index in [1.165, 1.54) is 32.8 Å². The fraction of sp³-hybridized carbons (Fsp3) is 0.444. The Bertz CT molecular complexity index is 631. The maximum atomic E-state index is 12.0. The second kappa shape index (κ2) is 6.07. The summed E-state index contributed by atoms with van der Waals surface area (Å²) in [5, 5.41) is 0. The number of ether oxygens (including phenoxy) is 3. The van der Waals surface area contributed by atoms with Gasteiger partial charge in [-0.1, -0.05) is 18.2 Å². The molecule has 0 N–H and O–H groups in total. The monoisotopic (exact) mass is 316 g/mol. The summed E-state index contributed by atoms with van der Waals surface area (Å²) in [7, 11) is 0. The topological polar surface area (TPSA) is 61.8 Å². The number of carbonyl (C=O) groups excluding carboxylic acids is 2. The van der Waals surface area contributed by atoms with Gasteiger partial charge in [0, 0.05) is 19.4 Å². The van der Waals surface area contributed by atoms with Crippen LogP contribution in [0.2, 0.25) is 0 Å². The van der Waals surface area contributed by atoms with Crippen molar-refractivity contribution < 1.29 is 23.8 Å². The Labute approximate surface area is 135 Å². The summed E-state index contributed by atoms with van der Waals surface area (Å²) in [6.45, 7) is 3.05. The summed E-state index contributed by atoms with van der Waals surface area (Å²) >= 11 is 0. The van der Waals surface area contributed by atoms with Crippen LogP contribution >= 0.6 is 0 Å². The van der Waals surface area contributed by atoms with Gasteiger partial charge in [-0.2, -0.15) is 0 Å². The first-order chi connectivity index (χ1) is 10.9. The summed E-state index contributed by atoms with van der Waals surface area (Å²) in [4.78, 5) is 24.1. The summed E-state index contributed by atoms with van der Waals surface area (Å²) in [5.74, 6) is -1.92. The molecule has 0 atom stereocenters. The Hall–Kier alpha value is -2.30. The average molecular weight is 316 g/mol. The number of esters is 2. The zero-order valence-corrected chi connectivity index (χ0v) is 13.3. The molecule has 2 fully saturated rings. The van der Waals surface area contributed by atoms with Crippen LogP contribution in [0.4, 0.5) is 0 Å². The molecule has 3 rings (SSSR count). The van der Waals surface area contributed by atoms with Crippen molar-refractivity contribution in [2.24, 2.45) is 0 Å². The predicted octanol–water partition coefficient (Wildman–Crippen LogP) is 3.23. The lowest BCUT2D eigenvalue weighted by Gasteiger charge is -2.29. The van der Waals surface area contributed by atoms with Crippen LogP contribution in [0.5, 0.6) is 5.75 Å². The number of hydrogen-bond acceptors (Lipinski definition) is 5. The minimum Gasteiger partial charge on any atom is -0.490 e. The lowest BCUT2D eigenvalue weighted by atomic mass is 10.1. The Morgan fingerprint density at radius 1 is 1.09 bits per heavy atom. The van der Waals surface area contributed by atoms with E-state index in [1.54, 1.807) is 6.07 Å². The van der Waals surface area contributed by atoms with E-state index in [9.17, 15) is 9.59 Å². The van der Waals surface area contributed by atoms with E-state index < -0.39 is 17.7 Å². The third-order valence-electron chi connectivity index (χ3n) is 3.93. The molecule has 122 valence electrons. The summed E-state index contributed by atoms with van der Waals surface area (Å²) in [5.41, 5.74) is 0.551. The normalized spacial score (nSPS) is 20.9. The number of benzene rings is 1. The van der Waals surface area contributed by atoms with Crippen molar-refractivity contribution in [2.45, 2.75) is 51.4 Å². The second-order valence-electron chi connectivity index (χ2n) is 6.30. The molecule has 1 aliphatic carbocycles. The molecule has 0 spiro atoms. The minimum atomic E-state index is -1.23. The first kappa shape index (κ1) is 15.6. The van der Waals surface area contributed by atoms with Gasteiger partial charge in [-0.05, 0) is 37.8 Å². The Morgan fingerprint density at radius 3 is 2.35 bits per heavy atom. The Balaban J connectivity index is 1.87. The fourth-order valence-corrected chi connectivity index (χ4v) is 2.83. The summed E-state index contributed by atoms with van der Waals surface area (Å²) in [6.07, 6.45) is 6.07. The highest BCUT2D eigenvalue weighted by atomic mass is 16.7. The van der Waals surface area contributed by atoms with Crippen LogP contribution < -0.4 is 4.74 Å². The number of rotatable bonds is 3. The van der Waals surface area contributed by atoms with Crippen molar-refractivity contribution in [3.8, 4) is 5.75 Å². The smallest absolute Gasteiger partial charge is 0.348 e. The van der Waals surface area contributed by atoms with Gasteiger partial charge in [0.2, 0.25) is 0 Å². The molecule has 1 aliphatic heterocycles. The van der Waals surface area contributed by atoms with Gasteiger partial charge in [-0.15, -0.1) is 0 Å². The third kappa shape index (κ3) is 3.55. The molecular weight excluding hydrogens is 296 g/mol. The molecule has 1 aromatic rings. The first-order valence-electron chi connectivity index (χ1n) is 7.89. The largest absolute Gasteiger partial charge is 0.490 e. The molecule has 1 saturated carbocycles. The van der Waals surface area contributed by atoms with Gasteiger partial charge in [-0.3, -0.25) is 0 Å². The van der Waals surface area contributed by atoms with E-state index in [-0.39, 0.29) is 11.7 Å². The Morgan fingerprint density at radius 2 is 1.70 bits per heavy atom. The molecule has 0 amide bonds. The molecule has 0 unspecified atom stereocenters. The lowest BCUT2D eigenvalue weighted by Crippen LogP contribution is -2.41. The van der Waals surface area contributed by atoms with Gasteiger partial charge in [0.25, 0.3) is 5.79 Å². The van der Waals surface area contributed by atoms with Gasteiger partial charge < -0.3 is 14.2 Å². The molecule has 1 saturated heterocycles. The molecular formula is C18H20O5. The highest BCUT2D eigenvalue weighted by Gasteiger charge is 2.39. The minimum absolute atomic E-state index is 0.119. The Kier molecular flexibility index (Phi) is 4.11. The van der Waals surface area contributed by atoms with Crippen molar-refractivity contribution in [2.75, 3.05) is 0 Å². The number of cyclic esters (lactones) is 2. The predicted molar refractivity (Wildman–Crippen MR) is 83.6 cm³/mol. The highest BCUT2D eigenvalue weighted by Crippen LogP contribution is 2.30. The van der Waals surface area contributed by atoms with E-state index in [0.29, 0.717) is 11.3 Å². The SMILES string of the molecule is CC1(C)OC(=O)C(=Cc2ccccc2OC2CCCC2)C(=O)O1. The molecule has 5 heteroatoms. The maximum Gasteiger partial charge on any atom is 0.348 e. The summed E-state index contributed by atoms with van der Waals surface area (Å²) < 4.78 is 16.2. The average Bonchev–Trinajstić information content (AvgIpc) is 2.96. The van der Waals surface area contributed by atoms with Crippen molar-refractivity contribution in [3.63, 3.8) is 0 Å². The van der Waals surface area contributed by atoms with Gasteiger partial charge in [-0.25, -0.2) is 9.59 Å². The molecule has 23 heavy (non-hydrogen) atoms. The zero-order valence-electron chi connectivity index (χ0n) is 13.3. The second-order valence-corrected chi connectivity index (χ2v) is 6.30. The van der Waals surface area contributed by atoms with Crippen molar-refractivity contribution in [1.82, 2.24) is 0 Å². The van der Waals surface area contributed by atoms with Crippen LogP contribution in [0, 0.1) is 0 Å². The van der Waals surface area contributed by atoms with Crippen LogP contribution in [0.15, 0.2) is 29.8 Å². The van der Waals surface area contributed by atoms with Crippen molar-refractivity contribution in [1.29, 1.82) is 0 Å². The molecule has 1 heterocycles. The van der Waals surface area contributed by atoms with Gasteiger partial charge >= 0.3 is 11.9 Å². The molecule has 2 aliphatic rings. The van der Waals surface area contributed by atoms with E-state index in [0.717, 1.165) is 12.8 Å². The quantitative estimate of drug-likeness (QED) is 0.487. The number of para-hydroxylation sites is 1. The standard InChI is InChI=1S/C18H20O5/c1-18(2)22-16(19)14(17(20)23-18)11-12-7-3-6-10-15(12)21-13-8-4-5-9-13/h3,6-7,10-11,13H,4-5,8-9H2,1-2H3. The highest BCUT2D eigenvalue weighted by molar-refractivity contribution is 6.19. The fourth-order valence-electron chi connectivity index (χ4n) is 2.83. The maximum absolute atomic E-state index is 12.0. The van der Waals surface area contributed by atoms with Crippen LogP contribution in [0.3, 0.4) is 0 Å². The van der Waals surface area contributed by atoms with Gasteiger partial charge in [0.15, 0.2) is 0 Å². The van der Waals surface area contributed by atoms with Gasteiger partial charge in [0.05, 0.1) is 6.10 Å². The van der Waals surface area contributed by atoms with E-state index in [2.05, 4.69) is 0 Å². The van der Waals surface area contributed by atoms with Crippen LogP contribution in [0.25, 0.3) is 6.08 Å². The first-order valence-corrected chi connectivity index (χ1v) is 7.89. The van der Waals surface area contributed by atoms with E-state index in [4.69, 9.17) is 14.2 Å². The van der Waals surface area contributed by atoms with Crippen molar-refractivity contribution >= 4 is 18.0 Å². The third-order valence-corrected chi connectivity index (χ3v) is 3.93. The van der Waals surface area contributed by atoms with Crippen LogP contribution in [0.1, 0.15) is 45.1 Å². The molecule has 0 radical (unpaired) electrons. The summed E-state index contributed by atoms with van der Waals surface area (Å²) in [6, 6.07) is 7.34. The molecule has 1 aromatic carbocycles. The number of carbonyl (C=O) groups is 2. The zero-order chi connectivity index (χ0) is 16.4. The van der Waals surface area contributed by atoms with Crippen LogP contribution in [-0.2, 0) is 19.1 Å². The van der Waals surface area contributed by atoms with Gasteiger partial charge in [0.1, 0.15) is 11.3 Å². The van der Waals surface area contributed by atoms with Crippen molar-refractivity contribution in [3.05, 3.63) is 35.4 Å². The van der Waals surface area contributed by atoms with E-state index in [1.807, 2.05) is 18.2 Å². The molecule has 0 bridgehead atoms. The van der Waals surface area contributed by atoms with E-state index >= 15 is 0 Å². The molecule has 5 nitrogen and oxygen atoms in total. The lowest BCUT2D eigenvalue weighted by molar-refractivity contribution is -0.222. The van der Waals surface area contributed by atoms with Crippen LogP contribution in [-0.4, -0.2) is 23.8 Å². The number of hydrogen-bond donors (Lipinski definition) is 0. The molecule has 0 aromatic heterocycles.